The molecule has 20 heavy (non-hydrogen) atoms. The lowest BCUT2D eigenvalue weighted by Crippen LogP contribution is -2.41. The number of likely N-dealkylation sites (N-methyl/N-ethyl adjacent to an activating group) is 1. The van der Waals surface area contributed by atoms with Crippen LogP contribution in [0.4, 0.5) is 0 Å². The molecule has 2 N–H and O–H groups in total. The van der Waals surface area contributed by atoms with E-state index in [0.717, 1.165) is 29.4 Å². The molecule has 4 heteroatoms. The minimum absolute atomic E-state index is 0.0461. The van der Waals surface area contributed by atoms with Crippen molar-refractivity contribution in [2.75, 3.05) is 13.6 Å². The number of pyridine rings is 1. The van der Waals surface area contributed by atoms with E-state index in [0.29, 0.717) is 12.1 Å². The van der Waals surface area contributed by atoms with Crippen molar-refractivity contribution >= 4 is 16.8 Å². The summed E-state index contributed by atoms with van der Waals surface area (Å²) in [5, 5.41) is 7.30. The fourth-order valence-corrected chi connectivity index (χ4v) is 2.44. The topological polar surface area (TPSA) is 54.0 Å². The third kappa shape index (κ3) is 2.39. The van der Waals surface area contributed by atoms with Crippen molar-refractivity contribution in [3.05, 3.63) is 41.6 Å². The van der Waals surface area contributed by atoms with Crippen LogP contribution in [-0.4, -0.2) is 30.0 Å². The lowest BCUT2D eigenvalue weighted by molar-refractivity contribution is 0.0950. The van der Waals surface area contributed by atoms with Crippen molar-refractivity contribution in [1.82, 2.24) is 15.6 Å². The Kier molecular flexibility index (Phi) is 3.18. The van der Waals surface area contributed by atoms with E-state index in [-0.39, 0.29) is 11.4 Å². The molecule has 1 aliphatic carbocycles. The molecular weight excluding hydrogens is 250 g/mol. The van der Waals surface area contributed by atoms with Gasteiger partial charge in [-0.2, -0.15) is 0 Å². The zero-order valence-electron chi connectivity index (χ0n) is 11.9. The molecule has 0 saturated heterocycles. The molecule has 0 aliphatic heterocycles. The predicted octanol–water partition coefficient (Wildman–Crippen LogP) is 2.03. The highest BCUT2D eigenvalue weighted by atomic mass is 16.1. The lowest BCUT2D eigenvalue weighted by Gasteiger charge is -2.15. The van der Waals surface area contributed by atoms with Crippen molar-refractivity contribution in [2.24, 2.45) is 0 Å². The van der Waals surface area contributed by atoms with Crippen molar-refractivity contribution in [3.63, 3.8) is 0 Å². The Balaban J connectivity index is 1.85. The second-order valence-electron chi connectivity index (χ2n) is 5.54. The molecule has 0 atom stereocenters. The summed E-state index contributed by atoms with van der Waals surface area (Å²) in [6.45, 7) is 2.61. The van der Waals surface area contributed by atoms with Crippen LogP contribution in [0, 0.1) is 6.92 Å². The van der Waals surface area contributed by atoms with Gasteiger partial charge in [-0.25, -0.2) is 0 Å². The quantitative estimate of drug-likeness (QED) is 0.893. The predicted molar refractivity (Wildman–Crippen MR) is 79.8 cm³/mol. The Morgan fingerprint density at radius 3 is 2.80 bits per heavy atom. The minimum Gasteiger partial charge on any atom is -0.350 e. The fraction of sp³-hybridized carbons (Fsp3) is 0.375. The molecule has 1 fully saturated rings. The number of aryl methyl sites for hydroxylation is 1. The molecular formula is C16H19N3O. The van der Waals surface area contributed by atoms with Gasteiger partial charge in [0.05, 0.1) is 11.1 Å². The molecule has 4 nitrogen and oxygen atoms in total. The number of carbonyl (C=O) groups excluding carboxylic acids is 1. The number of nitrogens with zero attached hydrogens (tertiary/aromatic N) is 1. The van der Waals surface area contributed by atoms with Gasteiger partial charge in [-0.15, -0.1) is 0 Å². The van der Waals surface area contributed by atoms with Crippen molar-refractivity contribution < 1.29 is 4.79 Å². The first-order valence-corrected chi connectivity index (χ1v) is 6.97. The van der Waals surface area contributed by atoms with Gasteiger partial charge in [-0.05, 0) is 38.9 Å². The third-order valence-corrected chi connectivity index (χ3v) is 4.08. The van der Waals surface area contributed by atoms with Gasteiger partial charge in [-0.3, -0.25) is 9.78 Å². The SMILES string of the molecule is CNC1(CNC(=O)c2cccc3ccc(C)nc23)CC1. The van der Waals surface area contributed by atoms with Crippen LogP contribution in [0.1, 0.15) is 28.9 Å². The van der Waals surface area contributed by atoms with Gasteiger partial charge in [0.25, 0.3) is 5.91 Å². The molecule has 1 aliphatic rings. The average molecular weight is 269 g/mol. The highest BCUT2D eigenvalue weighted by Crippen LogP contribution is 2.33. The number of aromatic nitrogens is 1. The molecule has 3 rings (SSSR count). The Morgan fingerprint density at radius 2 is 2.10 bits per heavy atom. The summed E-state index contributed by atoms with van der Waals surface area (Å²) in [6.07, 6.45) is 2.24. The van der Waals surface area contributed by atoms with E-state index in [1.165, 1.54) is 0 Å². The van der Waals surface area contributed by atoms with Gasteiger partial charge in [0.1, 0.15) is 0 Å². The van der Waals surface area contributed by atoms with Crippen molar-refractivity contribution in [2.45, 2.75) is 25.3 Å². The van der Waals surface area contributed by atoms with Gasteiger partial charge in [0.2, 0.25) is 0 Å². The Hall–Kier alpha value is -1.94. The highest BCUT2D eigenvalue weighted by Gasteiger charge is 2.41. The van der Waals surface area contributed by atoms with Gasteiger partial charge < -0.3 is 10.6 Å². The smallest absolute Gasteiger partial charge is 0.253 e. The van der Waals surface area contributed by atoms with Crippen LogP contribution in [0.15, 0.2) is 30.3 Å². The molecule has 0 bridgehead atoms. The number of hydrogen-bond acceptors (Lipinski definition) is 3. The number of para-hydroxylation sites is 1. The van der Waals surface area contributed by atoms with Crippen LogP contribution < -0.4 is 10.6 Å². The zero-order valence-corrected chi connectivity index (χ0v) is 11.9. The molecule has 1 aromatic carbocycles. The number of amides is 1. The largest absolute Gasteiger partial charge is 0.350 e. The van der Waals surface area contributed by atoms with E-state index in [4.69, 9.17) is 0 Å². The van der Waals surface area contributed by atoms with Gasteiger partial charge >= 0.3 is 0 Å². The number of hydrogen-bond donors (Lipinski definition) is 2. The minimum atomic E-state index is -0.0461. The summed E-state index contributed by atoms with van der Waals surface area (Å²) in [5.74, 6) is -0.0461. The molecule has 1 amide bonds. The standard InChI is InChI=1S/C16H19N3O/c1-11-6-7-12-4-3-5-13(14(12)19-11)15(20)18-10-16(17-2)8-9-16/h3-7,17H,8-10H2,1-2H3,(H,18,20). The molecule has 0 unspecified atom stereocenters. The zero-order chi connectivity index (χ0) is 14.2. The number of benzene rings is 1. The molecule has 0 radical (unpaired) electrons. The fourth-order valence-electron chi connectivity index (χ4n) is 2.44. The van der Waals surface area contributed by atoms with Crippen molar-refractivity contribution in [1.29, 1.82) is 0 Å². The molecule has 2 aromatic rings. The molecule has 0 spiro atoms. The van der Waals surface area contributed by atoms with E-state index >= 15 is 0 Å². The van der Waals surface area contributed by atoms with E-state index in [1.54, 1.807) is 0 Å². The van der Waals surface area contributed by atoms with Crippen LogP contribution in [0.5, 0.6) is 0 Å². The van der Waals surface area contributed by atoms with Crippen LogP contribution in [0.25, 0.3) is 10.9 Å². The second-order valence-corrected chi connectivity index (χ2v) is 5.54. The summed E-state index contributed by atoms with van der Waals surface area (Å²) >= 11 is 0. The summed E-state index contributed by atoms with van der Waals surface area (Å²) in [4.78, 5) is 16.9. The Labute approximate surface area is 118 Å². The maximum absolute atomic E-state index is 12.4. The monoisotopic (exact) mass is 269 g/mol. The molecule has 104 valence electrons. The van der Waals surface area contributed by atoms with Crippen molar-refractivity contribution in [3.8, 4) is 0 Å². The van der Waals surface area contributed by atoms with Crippen LogP contribution in [0.2, 0.25) is 0 Å². The number of fused-ring (bicyclic) bond motifs is 1. The van der Waals surface area contributed by atoms with E-state index < -0.39 is 0 Å². The van der Waals surface area contributed by atoms with E-state index in [9.17, 15) is 4.79 Å². The second kappa shape index (κ2) is 4.87. The van der Waals surface area contributed by atoms with Gasteiger partial charge in [-0.1, -0.05) is 18.2 Å². The highest BCUT2D eigenvalue weighted by molar-refractivity contribution is 6.05. The first-order chi connectivity index (χ1) is 9.63. The maximum Gasteiger partial charge on any atom is 0.253 e. The van der Waals surface area contributed by atoms with Gasteiger partial charge in [0, 0.05) is 23.2 Å². The first kappa shape index (κ1) is 13.1. The van der Waals surface area contributed by atoms with Crippen LogP contribution in [-0.2, 0) is 0 Å². The van der Waals surface area contributed by atoms with Crippen LogP contribution >= 0.6 is 0 Å². The number of rotatable bonds is 4. The summed E-state index contributed by atoms with van der Waals surface area (Å²) < 4.78 is 0. The Morgan fingerprint density at radius 1 is 1.30 bits per heavy atom. The maximum atomic E-state index is 12.4. The third-order valence-electron chi connectivity index (χ3n) is 4.08. The Bertz CT molecular complexity index is 662. The van der Waals surface area contributed by atoms with Crippen LogP contribution in [0.3, 0.4) is 0 Å². The molecule has 1 heterocycles. The number of nitrogens with one attached hydrogen (secondary N) is 2. The summed E-state index contributed by atoms with van der Waals surface area (Å²) in [5.41, 5.74) is 2.47. The van der Waals surface area contributed by atoms with E-state index in [1.807, 2.05) is 44.3 Å². The first-order valence-electron chi connectivity index (χ1n) is 6.97. The molecule has 1 aromatic heterocycles. The summed E-state index contributed by atoms with van der Waals surface area (Å²) in [6, 6.07) is 9.69. The normalized spacial score (nSPS) is 16.1. The number of carbonyl (C=O) groups is 1. The van der Waals surface area contributed by atoms with E-state index in [2.05, 4.69) is 15.6 Å². The average Bonchev–Trinajstić information content (AvgIpc) is 3.25. The molecule has 1 saturated carbocycles. The van der Waals surface area contributed by atoms with Gasteiger partial charge in [0.15, 0.2) is 0 Å². The lowest BCUT2D eigenvalue weighted by atomic mass is 10.1. The summed E-state index contributed by atoms with van der Waals surface area (Å²) in [7, 11) is 1.95.